The maximum absolute atomic E-state index is 12.4. The van der Waals surface area contributed by atoms with Gasteiger partial charge in [-0.15, -0.1) is 0 Å². The molecule has 1 amide bonds. The summed E-state index contributed by atoms with van der Waals surface area (Å²) in [6.45, 7) is 2.73. The minimum absolute atomic E-state index is 0.0476. The van der Waals surface area contributed by atoms with Crippen LogP contribution in [0, 0.1) is 6.92 Å². The second-order valence-corrected chi connectivity index (χ2v) is 5.57. The van der Waals surface area contributed by atoms with Crippen molar-refractivity contribution >= 4 is 23.5 Å². The highest BCUT2D eigenvalue weighted by molar-refractivity contribution is 6.31. The smallest absolute Gasteiger partial charge is 0.329 e. The van der Waals surface area contributed by atoms with Crippen molar-refractivity contribution in [3.63, 3.8) is 0 Å². The quantitative estimate of drug-likeness (QED) is 0.927. The number of halogens is 1. The van der Waals surface area contributed by atoms with Gasteiger partial charge in [0.05, 0.1) is 6.10 Å². The summed E-state index contributed by atoms with van der Waals surface area (Å²) in [6.07, 6.45) is 1.21. The number of ether oxygens (including phenoxy) is 1. The van der Waals surface area contributed by atoms with Crippen LogP contribution in [0.5, 0.6) is 0 Å². The van der Waals surface area contributed by atoms with Crippen LogP contribution in [0.15, 0.2) is 18.2 Å². The number of carboxylic acid groups (broad SMARTS) is 1. The summed E-state index contributed by atoms with van der Waals surface area (Å²) in [5, 5.41) is 9.16. The zero-order chi connectivity index (χ0) is 15.4. The Bertz CT molecular complexity index is 538. The fourth-order valence-electron chi connectivity index (χ4n) is 2.32. The highest BCUT2D eigenvalue weighted by Gasteiger charge is 2.24. The van der Waals surface area contributed by atoms with Crippen molar-refractivity contribution in [2.45, 2.75) is 25.9 Å². The predicted octanol–water partition coefficient (Wildman–Crippen LogP) is 2.35. The summed E-state index contributed by atoms with van der Waals surface area (Å²) in [7, 11) is 0. The lowest BCUT2D eigenvalue weighted by Crippen LogP contribution is -2.41. The monoisotopic (exact) mass is 311 g/mol. The number of carboxylic acids is 1. The van der Waals surface area contributed by atoms with E-state index in [9.17, 15) is 9.59 Å². The van der Waals surface area contributed by atoms with Gasteiger partial charge in [-0.2, -0.15) is 0 Å². The second kappa shape index (κ2) is 6.91. The summed E-state index contributed by atoms with van der Waals surface area (Å²) in [5.41, 5.74) is 1.52. The van der Waals surface area contributed by atoms with Crippen molar-refractivity contribution in [3.8, 4) is 0 Å². The van der Waals surface area contributed by atoms with E-state index in [2.05, 4.69) is 0 Å². The summed E-state index contributed by atoms with van der Waals surface area (Å²) < 4.78 is 5.25. The van der Waals surface area contributed by atoms with Crippen LogP contribution in [-0.4, -0.2) is 47.7 Å². The first kappa shape index (κ1) is 15.8. The molecule has 1 aliphatic heterocycles. The van der Waals surface area contributed by atoms with Crippen LogP contribution < -0.4 is 0 Å². The number of amides is 1. The molecule has 1 N–H and O–H groups in total. The van der Waals surface area contributed by atoms with Crippen LogP contribution in [-0.2, 0) is 9.53 Å². The number of hydrogen-bond donors (Lipinski definition) is 1. The average Bonchev–Trinajstić information content (AvgIpc) is 2.48. The van der Waals surface area contributed by atoms with Crippen molar-refractivity contribution in [1.29, 1.82) is 0 Å². The molecule has 6 heteroatoms. The zero-order valence-electron chi connectivity index (χ0n) is 11.8. The predicted molar refractivity (Wildman–Crippen MR) is 78.7 cm³/mol. The highest BCUT2D eigenvalue weighted by Crippen LogP contribution is 2.20. The van der Waals surface area contributed by atoms with E-state index in [4.69, 9.17) is 21.4 Å². The number of benzene rings is 1. The van der Waals surface area contributed by atoms with Gasteiger partial charge in [-0.3, -0.25) is 4.79 Å². The molecule has 1 aromatic rings. The molecule has 1 fully saturated rings. The van der Waals surface area contributed by atoms with E-state index in [1.807, 2.05) is 13.0 Å². The molecule has 0 unspecified atom stereocenters. The maximum atomic E-state index is 12.4. The van der Waals surface area contributed by atoms with Gasteiger partial charge in [0.1, 0.15) is 6.61 Å². The van der Waals surface area contributed by atoms with E-state index in [-0.39, 0.29) is 18.6 Å². The summed E-state index contributed by atoms with van der Waals surface area (Å²) >= 11 is 6.04. The Hall–Kier alpha value is -1.59. The van der Waals surface area contributed by atoms with Gasteiger partial charge in [0.15, 0.2) is 0 Å². The summed E-state index contributed by atoms with van der Waals surface area (Å²) in [6, 6.07) is 5.29. The molecule has 1 heterocycles. The lowest BCUT2D eigenvalue weighted by molar-refractivity contribution is -0.145. The fourth-order valence-corrected chi connectivity index (χ4v) is 2.50. The molecule has 0 aromatic heterocycles. The standard InChI is InChI=1S/C15H18ClNO4/c1-10-2-3-11(8-13(10)16)15(20)17-6-4-12(5-7-17)21-9-14(18)19/h2-3,8,12H,4-7,9H2,1H3,(H,18,19). The molecular formula is C15H18ClNO4. The lowest BCUT2D eigenvalue weighted by atomic mass is 10.1. The minimum atomic E-state index is -0.970. The number of piperidine rings is 1. The Kier molecular flexibility index (Phi) is 5.20. The van der Waals surface area contributed by atoms with Gasteiger partial charge in [-0.25, -0.2) is 4.79 Å². The molecule has 1 saturated heterocycles. The second-order valence-electron chi connectivity index (χ2n) is 5.16. The molecule has 0 bridgehead atoms. The SMILES string of the molecule is Cc1ccc(C(=O)N2CCC(OCC(=O)O)CC2)cc1Cl. The molecule has 114 valence electrons. The molecule has 0 spiro atoms. The maximum Gasteiger partial charge on any atom is 0.329 e. The van der Waals surface area contributed by atoms with Crippen LogP contribution >= 0.6 is 11.6 Å². The number of nitrogens with zero attached hydrogens (tertiary/aromatic N) is 1. The van der Waals surface area contributed by atoms with Crippen LogP contribution in [0.3, 0.4) is 0 Å². The topological polar surface area (TPSA) is 66.8 Å². The summed E-state index contributed by atoms with van der Waals surface area (Å²) in [5.74, 6) is -1.02. The number of aryl methyl sites for hydroxylation is 1. The van der Waals surface area contributed by atoms with Crippen LogP contribution in [0.25, 0.3) is 0 Å². The first-order chi connectivity index (χ1) is 9.97. The third kappa shape index (κ3) is 4.19. The van der Waals surface area contributed by atoms with Crippen molar-refractivity contribution < 1.29 is 19.4 Å². The molecule has 0 radical (unpaired) electrons. The number of aliphatic carboxylic acids is 1. The van der Waals surface area contributed by atoms with Gasteiger partial charge in [-0.1, -0.05) is 17.7 Å². The third-order valence-electron chi connectivity index (χ3n) is 3.59. The summed E-state index contributed by atoms with van der Waals surface area (Å²) in [4.78, 5) is 24.6. The van der Waals surface area contributed by atoms with E-state index < -0.39 is 5.97 Å². The van der Waals surface area contributed by atoms with Gasteiger partial charge in [0, 0.05) is 23.7 Å². The lowest BCUT2D eigenvalue weighted by Gasteiger charge is -2.31. The first-order valence-electron chi connectivity index (χ1n) is 6.86. The minimum Gasteiger partial charge on any atom is -0.480 e. The Morgan fingerprint density at radius 1 is 1.38 bits per heavy atom. The molecule has 21 heavy (non-hydrogen) atoms. The van der Waals surface area contributed by atoms with Crippen LogP contribution in [0.1, 0.15) is 28.8 Å². The largest absolute Gasteiger partial charge is 0.480 e. The van der Waals surface area contributed by atoms with Gasteiger partial charge in [0.2, 0.25) is 0 Å². The van der Waals surface area contributed by atoms with Crippen molar-refractivity contribution in [3.05, 3.63) is 34.3 Å². The van der Waals surface area contributed by atoms with E-state index in [0.717, 1.165) is 5.56 Å². The molecule has 0 atom stereocenters. The van der Waals surface area contributed by atoms with Crippen molar-refractivity contribution in [2.24, 2.45) is 0 Å². The Balaban J connectivity index is 1.90. The van der Waals surface area contributed by atoms with E-state index >= 15 is 0 Å². The van der Waals surface area contributed by atoms with Crippen LogP contribution in [0.2, 0.25) is 5.02 Å². The Morgan fingerprint density at radius 2 is 2.05 bits per heavy atom. The van der Waals surface area contributed by atoms with Crippen molar-refractivity contribution in [1.82, 2.24) is 4.90 Å². The Morgan fingerprint density at radius 3 is 2.62 bits per heavy atom. The Labute approximate surface area is 128 Å². The van der Waals surface area contributed by atoms with Crippen molar-refractivity contribution in [2.75, 3.05) is 19.7 Å². The highest BCUT2D eigenvalue weighted by atomic mass is 35.5. The number of likely N-dealkylation sites (tertiary alicyclic amines) is 1. The van der Waals surface area contributed by atoms with E-state index in [1.165, 1.54) is 0 Å². The molecule has 0 saturated carbocycles. The fraction of sp³-hybridized carbons (Fsp3) is 0.467. The number of rotatable bonds is 4. The number of carbonyl (C=O) groups is 2. The van der Waals surface area contributed by atoms with Gasteiger partial charge < -0.3 is 14.7 Å². The number of hydrogen-bond acceptors (Lipinski definition) is 3. The van der Waals surface area contributed by atoms with Gasteiger partial charge in [-0.05, 0) is 37.5 Å². The van der Waals surface area contributed by atoms with E-state index in [0.29, 0.717) is 36.5 Å². The molecule has 2 rings (SSSR count). The van der Waals surface area contributed by atoms with E-state index in [1.54, 1.807) is 17.0 Å². The normalized spacial score (nSPS) is 16.0. The van der Waals surface area contributed by atoms with Crippen LogP contribution in [0.4, 0.5) is 0 Å². The molecular weight excluding hydrogens is 294 g/mol. The zero-order valence-corrected chi connectivity index (χ0v) is 12.6. The molecule has 0 aliphatic carbocycles. The third-order valence-corrected chi connectivity index (χ3v) is 4.00. The first-order valence-corrected chi connectivity index (χ1v) is 7.24. The average molecular weight is 312 g/mol. The van der Waals surface area contributed by atoms with Gasteiger partial charge >= 0.3 is 5.97 Å². The van der Waals surface area contributed by atoms with Gasteiger partial charge in [0.25, 0.3) is 5.91 Å². The molecule has 5 nitrogen and oxygen atoms in total. The molecule has 1 aromatic carbocycles. The molecule has 1 aliphatic rings. The number of carbonyl (C=O) groups excluding carboxylic acids is 1.